The number of carbonyl (C=O) groups is 1. The molecule has 3 rings (SSSR count). The third kappa shape index (κ3) is 2.74. The number of ether oxygens (including phenoxy) is 1. The molecule has 0 unspecified atom stereocenters. The maximum Gasteiger partial charge on any atom is 0.341 e. The molecule has 1 aromatic heterocycles. The number of nitrogens with zero attached hydrogens (tertiary/aromatic N) is 1. The van der Waals surface area contributed by atoms with Crippen molar-refractivity contribution in [2.45, 2.75) is 25.7 Å². The van der Waals surface area contributed by atoms with E-state index in [2.05, 4.69) is 11.2 Å². The molecule has 21 heavy (non-hydrogen) atoms. The van der Waals surface area contributed by atoms with Gasteiger partial charge < -0.3 is 14.4 Å². The fourth-order valence-electron chi connectivity index (χ4n) is 2.49. The Kier molecular flexibility index (Phi) is 3.84. The summed E-state index contributed by atoms with van der Waals surface area (Å²) >= 11 is 6.21. The van der Waals surface area contributed by atoms with Gasteiger partial charge in [-0.05, 0) is 43.4 Å². The molecule has 0 saturated carbocycles. The zero-order chi connectivity index (χ0) is 14.8. The number of carboxylic acids is 1. The van der Waals surface area contributed by atoms with Gasteiger partial charge in [0.1, 0.15) is 16.5 Å². The molecule has 0 amide bonds. The number of hydrogen-bond acceptors (Lipinski definition) is 4. The molecular weight excluding hydrogens is 294 g/mol. The van der Waals surface area contributed by atoms with Gasteiger partial charge in [0.05, 0.1) is 5.39 Å². The molecule has 2 aromatic rings. The number of allylic oxidation sites excluding steroid dienone is 2. The zero-order valence-corrected chi connectivity index (χ0v) is 12.0. The summed E-state index contributed by atoms with van der Waals surface area (Å²) in [5.74, 6) is -0.774. The fraction of sp³-hybridized carbons (Fsp3) is 0.333. The monoisotopic (exact) mass is 307 g/mol. The van der Waals surface area contributed by atoms with Crippen LogP contribution in [0.2, 0.25) is 5.02 Å². The molecule has 0 fully saturated rings. The lowest BCUT2D eigenvalue weighted by Gasteiger charge is -2.10. The Morgan fingerprint density at radius 2 is 2.29 bits per heavy atom. The van der Waals surface area contributed by atoms with Crippen molar-refractivity contribution in [3.8, 4) is 5.75 Å². The average molecular weight is 308 g/mol. The van der Waals surface area contributed by atoms with Gasteiger partial charge in [-0.2, -0.15) is 0 Å². The van der Waals surface area contributed by atoms with Crippen molar-refractivity contribution in [1.29, 1.82) is 0 Å². The molecule has 1 heterocycles. The molecule has 1 aliphatic carbocycles. The second-order valence-electron chi connectivity index (χ2n) is 4.94. The summed E-state index contributed by atoms with van der Waals surface area (Å²) in [5, 5.41) is 13.8. The van der Waals surface area contributed by atoms with Crippen molar-refractivity contribution in [2.75, 3.05) is 6.61 Å². The Bertz CT molecular complexity index is 720. The van der Waals surface area contributed by atoms with E-state index in [0.717, 1.165) is 30.3 Å². The molecule has 0 spiro atoms. The van der Waals surface area contributed by atoms with Crippen LogP contribution in [0, 0.1) is 0 Å². The molecule has 0 bridgehead atoms. The third-order valence-corrected chi connectivity index (χ3v) is 3.85. The maximum atomic E-state index is 10.5. The number of aromatic nitrogens is 1. The summed E-state index contributed by atoms with van der Waals surface area (Å²) in [6.07, 6.45) is 6.57. The second kappa shape index (κ2) is 5.77. The Hall–Kier alpha value is -2.01. The summed E-state index contributed by atoms with van der Waals surface area (Å²) in [7, 11) is 0. The lowest BCUT2D eigenvalue weighted by molar-refractivity contribution is -0.139. The first-order valence-corrected chi connectivity index (χ1v) is 7.16. The minimum absolute atomic E-state index is 0.254. The third-order valence-electron chi connectivity index (χ3n) is 3.49. The van der Waals surface area contributed by atoms with Gasteiger partial charge in [0.15, 0.2) is 12.2 Å². The number of halogens is 1. The van der Waals surface area contributed by atoms with Crippen molar-refractivity contribution in [2.24, 2.45) is 0 Å². The number of rotatable bonds is 4. The van der Waals surface area contributed by atoms with E-state index in [-0.39, 0.29) is 10.8 Å². The van der Waals surface area contributed by atoms with Crippen LogP contribution < -0.4 is 4.74 Å². The van der Waals surface area contributed by atoms with E-state index >= 15 is 0 Å². The van der Waals surface area contributed by atoms with Crippen LogP contribution in [0.25, 0.3) is 16.5 Å². The van der Waals surface area contributed by atoms with Crippen LogP contribution in [0.4, 0.5) is 0 Å². The minimum atomic E-state index is -1.06. The molecule has 6 heteroatoms. The summed E-state index contributed by atoms with van der Waals surface area (Å²) in [4.78, 5) is 10.5. The molecule has 0 radical (unpaired) electrons. The van der Waals surface area contributed by atoms with E-state index in [1.165, 1.54) is 12.0 Å². The first-order valence-electron chi connectivity index (χ1n) is 6.78. The first-order chi connectivity index (χ1) is 10.2. The quantitative estimate of drug-likeness (QED) is 0.927. The Morgan fingerprint density at radius 3 is 3.00 bits per heavy atom. The van der Waals surface area contributed by atoms with Crippen LogP contribution in [-0.4, -0.2) is 22.8 Å². The van der Waals surface area contributed by atoms with Crippen LogP contribution in [0.3, 0.4) is 0 Å². The normalized spacial score (nSPS) is 15.0. The Labute approximate surface area is 126 Å². The van der Waals surface area contributed by atoms with Crippen molar-refractivity contribution in [3.05, 3.63) is 28.9 Å². The van der Waals surface area contributed by atoms with E-state index in [0.29, 0.717) is 5.58 Å². The van der Waals surface area contributed by atoms with E-state index in [1.807, 2.05) is 0 Å². The number of fused-ring (bicyclic) bond motifs is 1. The van der Waals surface area contributed by atoms with Crippen LogP contribution in [0.1, 0.15) is 31.4 Å². The van der Waals surface area contributed by atoms with Gasteiger partial charge in [0.25, 0.3) is 0 Å². The number of hydrogen-bond donors (Lipinski definition) is 1. The SMILES string of the molecule is O=C(O)COc1ccc2c(C3=CCCCC3)noc2c1Cl. The van der Waals surface area contributed by atoms with E-state index in [1.54, 1.807) is 12.1 Å². The molecule has 110 valence electrons. The summed E-state index contributed by atoms with van der Waals surface area (Å²) in [6.45, 7) is -0.447. The number of carboxylic acid groups (broad SMARTS) is 1. The van der Waals surface area contributed by atoms with Crippen molar-refractivity contribution < 1.29 is 19.2 Å². The lowest BCUT2D eigenvalue weighted by atomic mass is 9.95. The maximum absolute atomic E-state index is 10.5. The van der Waals surface area contributed by atoms with E-state index < -0.39 is 12.6 Å². The van der Waals surface area contributed by atoms with Crippen molar-refractivity contribution in [3.63, 3.8) is 0 Å². The van der Waals surface area contributed by atoms with Crippen LogP contribution in [0.5, 0.6) is 5.75 Å². The molecule has 0 aliphatic heterocycles. The standard InChI is InChI=1S/C15H14ClNO4/c16-13-11(20-8-12(18)19)7-6-10-14(17-21-15(10)13)9-4-2-1-3-5-9/h4,6-7H,1-3,5,8H2,(H,18,19). The van der Waals surface area contributed by atoms with E-state index in [9.17, 15) is 4.79 Å². The van der Waals surface area contributed by atoms with Gasteiger partial charge in [-0.15, -0.1) is 0 Å². The minimum Gasteiger partial charge on any atom is -0.480 e. The molecule has 5 nitrogen and oxygen atoms in total. The highest BCUT2D eigenvalue weighted by atomic mass is 35.5. The highest BCUT2D eigenvalue weighted by Crippen LogP contribution is 2.38. The van der Waals surface area contributed by atoms with Crippen molar-refractivity contribution in [1.82, 2.24) is 5.16 Å². The van der Waals surface area contributed by atoms with Gasteiger partial charge in [0, 0.05) is 0 Å². The van der Waals surface area contributed by atoms with Crippen LogP contribution >= 0.6 is 11.6 Å². The molecule has 1 aromatic carbocycles. The van der Waals surface area contributed by atoms with E-state index in [4.69, 9.17) is 26.0 Å². The molecular formula is C15H14ClNO4. The van der Waals surface area contributed by atoms with Gasteiger partial charge in [-0.1, -0.05) is 22.8 Å². The Balaban J connectivity index is 1.98. The first kappa shape index (κ1) is 13.9. The molecule has 0 atom stereocenters. The number of aliphatic carboxylic acids is 1. The summed E-state index contributed by atoms with van der Waals surface area (Å²) < 4.78 is 10.5. The second-order valence-corrected chi connectivity index (χ2v) is 5.32. The highest BCUT2D eigenvalue weighted by Gasteiger charge is 2.19. The summed E-state index contributed by atoms with van der Waals surface area (Å²) in [5.41, 5.74) is 2.42. The van der Waals surface area contributed by atoms with Gasteiger partial charge in [0.2, 0.25) is 0 Å². The van der Waals surface area contributed by atoms with Gasteiger partial charge in [-0.25, -0.2) is 4.79 Å². The van der Waals surface area contributed by atoms with Gasteiger partial charge in [-0.3, -0.25) is 0 Å². The predicted octanol–water partition coefficient (Wildman–Crippen LogP) is 3.90. The zero-order valence-electron chi connectivity index (χ0n) is 11.3. The largest absolute Gasteiger partial charge is 0.480 e. The highest BCUT2D eigenvalue weighted by molar-refractivity contribution is 6.36. The predicted molar refractivity (Wildman–Crippen MR) is 78.6 cm³/mol. The Morgan fingerprint density at radius 1 is 1.43 bits per heavy atom. The molecule has 0 saturated heterocycles. The fourth-order valence-corrected chi connectivity index (χ4v) is 2.74. The molecule has 1 N–H and O–H groups in total. The average Bonchev–Trinajstić information content (AvgIpc) is 2.92. The number of benzene rings is 1. The van der Waals surface area contributed by atoms with Crippen LogP contribution in [0.15, 0.2) is 22.7 Å². The van der Waals surface area contributed by atoms with Crippen molar-refractivity contribution >= 4 is 34.1 Å². The lowest BCUT2D eigenvalue weighted by Crippen LogP contribution is -2.09. The van der Waals surface area contributed by atoms with Crippen LogP contribution in [-0.2, 0) is 4.79 Å². The van der Waals surface area contributed by atoms with Gasteiger partial charge >= 0.3 is 5.97 Å². The smallest absolute Gasteiger partial charge is 0.341 e. The topological polar surface area (TPSA) is 72.6 Å². The summed E-state index contributed by atoms with van der Waals surface area (Å²) in [6, 6.07) is 3.46. The molecule has 1 aliphatic rings.